The van der Waals surface area contributed by atoms with Crippen LogP contribution < -0.4 is 4.90 Å². The van der Waals surface area contributed by atoms with Gasteiger partial charge < -0.3 is 5.11 Å². The average Bonchev–Trinajstić information content (AvgIpc) is 3.34. The summed E-state index contributed by atoms with van der Waals surface area (Å²) in [6, 6.07) is 23.0. The third-order valence-corrected chi connectivity index (χ3v) is 10.2. The minimum atomic E-state index is -1.18. The number of carbonyl (C=O) groups is 4. The maximum Gasteiger partial charge on any atom is 0.241 e. The second-order valence-electron chi connectivity index (χ2n) is 12.0. The van der Waals surface area contributed by atoms with Gasteiger partial charge in [0, 0.05) is 10.9 Å². The Kier molecular flexibility index (Phi) is 6.13. The maximum atomic E-state index is 14.4. The van der Waals surface area contributed by atoms with E-state index in [-0.39, 0.29) is 47.4 Å². The monoisotopic (exact) mass is 580 g/mol. The van der Waals surface area contributed by atoms with E-state index in [1.807, 2.05) is 49.4 Å². The number of para-hydroxylation sites is 1. The Hall–Kier alpha value is -4.23. The van der Waals surface area contributed by atoms with Crippen LogP contribution in [-0.2, 0) is 25.7 Å². The third-order valence-electron chi connectivity index (χ3n) is 9.86. The molecule has 2 saturated heterocycles. The summed E-state index contributed by atoms with van der Waals surface area (Å²) < 4.78 is 0. The van der Waals surface area contributed by atoms with Crippen molar-refractivity contribution in [2.75, 3.05) is 4.90 Å². The second kappa shape index (κ2) is 9.66. The van der Waals surface area contributed by atoms with E-state index >= 15 is 0 Å². The van der Waals surface area contributed by atoms with Gasteiger partial charge in [0.2, 0.25) is 23.6 Å². The zero-order valence-corrected chi connectivity index (χ0v) is 23.7. The summed E-state index contributed by atoms with van der Waals surface area (Å²) in [6.45, 7) is 2.02. The SMILES string of the molecule is C[C@@]12C(=O)N(c3ccccc3)C(=O)[C@@H]1C[C@@H]1C(=CC[C@@H]3C(=O)N(Cc4ccccc4)C(=O)[C@@H]31)[C@@H]2c1ccc(O)cc1Cl. The molecule has 4 aliphatic rings. The van der Waals surface area contributed by atoms with Crippen LogP contribution in [0, 0.1) is 29.1 Å². The molecule has 212 valence electrons. The van der Waals surface area contributed by atoms with Gasteiger partial charge in [0.15, 0.2) is 0 Å². The molecule has 4 amide bonds. The first-order valence-corrected chi connectivity index (χ1v) is 14.6. The summed E-state index contributed by atoms with van der Waals surface area (Å²) in [5.41, 5.74) is 1.66. The molecule has 3 fully saturated rings. The molecule has 42 heavy (non-hydrogen) atoms. The third kappa shape index (κ3) is 3.72. The topological polar surface area (TPSA) is 95.0 Å². The van der Waals surface area contributed by atoms with Crippen LogP contribution in [0.25, 0.3) is 0 Å². The van der Waals surface area contributed by atoms with Crippen molar-refractivity contribution in [2.45, 2.75) is 32.2 Å². The number of amides is 4. The molecule has 0 spiro atoms. The smallest absolute Gasteiger partial charge is 0.241 e. The van der Waals surface area contributed by atoms with Gasteiger partial charge in [-0.25, -0.2) is 4.90 Å². The fourth-order valence-corrected chi connectivity index (χ4v) is 8.20. The summed E-state index contributed by atoms with van der Waals surface area (Å²) in [7, 11) is 0. The Labute approximate surface area is 248 Å². The number of halogens is 1. The van der Waals surface area contributed by atoms with Gasteiger partial charge in [-0.05, 0) is 61.1 Å². The molecule has 1 N–H and O–H groups in total. The highest BCUT2D eigenvalue weighted by Crippen LogP contribution is 2.64. The normalized spacial score (nSPS) is 30.2. The Morgan fingerprint density at radius 1 is 0.881 bits per heavy atom. The largest absolute Gasteiger partial charge is 0.508 e. The number of imide groups is 2. The molecule has 0 unspecified atom stereocenters. The van der Waals surface area contributed by atoms with Crippen molar-refractivity contribution in [3.8, 4) is 5.75 Å². The number of hydrogen-bond donors (Lipinski definition) is 1. The predicted molar refractivity (Wildman–Crippen MR) is 156 cm³/mol. The summed E-state index contributed by atoms with van der Waals surface area (Å²) in [5, 5.41) is 10.4. The maximum absolute atomic E-state index is 14.4. The van der Waals surface area contributed by atoms with Crippen molar-refractivity contribution in [2.24, 2.45) is 29.1 Å². The van der Waals surface area contributed by atoms with Crippen LogP contribution in [0.2, 0.25) is 5.02 Å². The Balaban J connectivity index is 1.35. The molecule has 2 aliphatic carbocycles. The van der Waals surface area contributed by atoms with Gasteiger partial charge in [0.1, 0.15) is 5.75 Å². The average molecular weight is 581 g/mol. The van der Waals surface area contributed by atoms with Gasteiger partial charge in [0.05, 0.1) is 35.4 Å². The summed E-state index contributed by atoms with van der Waals surface area (Å²) >= 11 is 6.73. The number of benzene rings is 3. The number of fused-ring (bicyclic) bond motifs is 4. The van der Waals surface area contributed by atoms with Gasteiger partial charge in [-0.3, -0.25) is 24.1 Å². The minimum absolute atomic E-state index is 0.0108. The summed E-state index contributed by atoms with van der Waals surface area (Å²) in [6.07, 6.45) is 2.65. The highest BCUT2D eigenvalue weighted by Gasteiger charge is 2.67. The van der Waals surface area contributed by atoms with Gasteiger partial charge in [-0.2, -0.15) is 0 Å². The van der Waals surface area contributed by atoms with E-state index in [0.717, 1.165) is 11.1 Å². The van der Waals surface area contributed by atoms with E-state index in [9.17, 15) is 24.3 Å². The first kappa shape index (κ1) is 26.7. The van der Waals surface area contributed by atoms with E-state index in [1.165, 1.54) is 21.9 Å². The number of anilines is 1. The molecule has 3 aromatic carbocycles. The minimum Gasteiger partial charge on any atom is -0.508 e. The lowest BCUT2D eigenvalue weighted by atomic mass is 9.51. The summed E-state index contributed by atoms with van der Waals surface area (Å²) in [4.78, 5) is 58.8. The molecule has 3 aromatic rings. The van der Waals surface area contributed by atoms with Crippen molar-refractivity contribution in [3.63, 3.8) is 0 Å². The van der Waals surface area contributed by atoms with Gasteiger partial charge >= 0.3 is 0 Å². The fourth-order valence-electron chi connectivity index (χ4n) is 7.92. The van der Waals surface area contributed by atoms with Crippen molar-refractivity contribution < 1.29 is 24.3 Å². The molecule has 2 aliphatic heterocycles. The highest BCUT2D eigenvalue weighted by molar-refractivity contribution is 6.32. The van der Waals surface area contributed by atoms with Crippen molar-refractivity contribution in [3.05, 3.63) is 107 Å². The standard InChI is InChI=1S/C34H29ClN2O5/c1-34-26(31(40)37(33(34)42)20-10-6-3-7-11-20)17-25-22(29(34)23-13-12-21(38)16-27(23)35)14-15-24-28(25)32(41)36(30(24)39)18-19-8-4-2-5-9-19/h2-14,16,24-26,28-29,38H,15,17-18H2,1H3/t24-,25+,26-,28-,29+,34+/m0/s1. The van der Waals surface area contributed by atoms with E-state index < -0.39 is 35.0 Å². The van der Waals surface area contributed by atoms with E-state index in [1.54, 1.807) is 30.3 Å². The number of phenols is 1. The first-order valence-electron chi connectivity index (χ1n) is 14.2. The fraction of sp³-hybridized carbons (Fsp3) is 0.294. The van der Waals surface area contributed by atoms with Crippen molar-refractivity contribution in [1.82, 2.24) is 4.90 Å². The zero-order chi connectivity index (χ0) is 29.3. The number of phenolic OH excluding ortho intramolecular Hbond substituents is 1. The van der Waals surface area contributed by atoms with E-state index in [2.05, 4.69) is 0 Å². The molecular weight excluding hydrogens is 552 g/mol. The lowest BCUT2D eigenvalue weighted by Crippen LogP contribution is -2.49. The van der Waals surface area contributed by atoms with Crippen LogP contribution in [0.4, 0.5) is 5.69 Å². The predicted octanol–water partition coefficient (Wildman–Crippen LogP) is 5.48. The Bertz CT molecular complexity index is 1670. The van der Waals surface area contributed by atoms with E-state index in [4.69, 9.17) is 11.6 Å². The molecule has 7 rings (SSSR count). The molecule has 0 aromatic heterocycles. The first-order chi connectivity index (χ1) is 20.2. The molecule has 2 heterocycles. The lowest BCUT2D eigenvalue weighted by molar-refractivity contribution is -0.141. The van der Waals surface area contributed by atoms with Crippen LogP contribution in [0.15, 0.2) is 90.5 Å². The quantitative estimate of drug-likeness (QED) is 0.326. The number of nitrogens with zero attached hydrogens (tertiary/aromatic N) is 2. The molecule has 7 nitrogen and oxygen atoms in total. The van der Waals surface area contributed by atoms with E-state index in [0.29, 0.717) is 17.7 Å². The highest BCUT2D eigenvalue weighted by atomic mass is 35.5. The second-order valence-corrected chi connectivity index (χ2v) is 12.4. The number of allylic oxidation sites excluding steroid dienone is 2. The van der Waals surface area contributed by atoms with Crippen LogP contribution in [0.3, 0.4) is 0 Å². The number of carbonyl (C=O) groups excluding carboxylic acids is 4. The molecule has 8 heteroatoms. The van der Waals surface area contributed by atoms with Gasteiger partial charge in [-0.15, -0.1) is 0 Å². The van der Waals surface area contributed by atoms with Gasteiger partial charge in [0.25, 0.3) is 0 Å². The molecular formula is C34H29ClN2O5. The van der Waals surface area contributed by atoms with Crippen LogP contribution in [0.5, 0.6) is 5.75 Å². The molecule has 6 atom stereocenters. The number of hydrogen-bond acceptors (Lipinski definition) is 5. The van der Waals surface area contributed by atoms with Crippen LogP contribution in [0.1, 0.15) is 36.8 Å². The number of rotatable bonds is 4. The molecule has 1 saturated carbocycles. The Morgan fingerprint density at radius 2 is 1.57 bits per heavy atom. The Morgan fingerprint density at radius 3 is 2.26 bits per heavy atom. The number of likely N-dealkylation sites (tertiary alicyclic amines) is 1. The van der Waals surface area contributed by atoms with Crippen LogP contribution >= 0.6 is 11.6 Å². The summed E-state index contributed by atoms with van der Waals surface area (Å²) in [5.74, 6) is -3.99. The lowest BCUT2D eigenvalue weighted by Gasteiger charge is -2.49. The van der Waals surface area contributed by atoms with Gasteiger partial charge in [-0.1, -0.05) is 77.8 Å². The number of aromatic hydroxyl groups is 1. The van der Waals surface area contributed by atoms with Crippen molar-refractivity contribution >= 4 is 40.9 Å². The van der Waals surface area contributed by atoms with Crippen molar-refractivity contribution in [1.29, 1.82) is 0 Å². The van der Waals surface area contributed by atoms with Crippen LogP contribution in [-0.4, -0.2) is 33.6 Å². The molecule has 0 radical (unpaired) electrons. The zero-order valence-electron chi connectivity index (χ0n) is 22.9. The molecule has 0 bridgehead atoms.